The fraction of sp³-hybridized carbons (Fsp3) is 1.00. The third-order valence-electron chi connectivity index (χ3n) is 2.85. The Balaban J connectivity index is 2.29. The van der Waals surface area contributed by atoms with E-state index >= 15 is 0 Å². The van der Waals surface area contributed by atoms with Crippen LogP contribution in [0.25, 0.3) is 0 Å². The maximum atomic E-state index is 8.97. The average molecular weight is 217 g/mol. The number of hydrogen-bond donors (Lipinski definition) is 2. The first kappa shape index (κ1) is 12.3. The van der Waals surface area contributed by atoms with Crippen molar-refractivity contribution in [3.05, 3.63) is 0 Å². The molecule has 2 unspecified atom stereocenters. The second-order valence-electron chi connectivity index (χ2n) is 4.44. The Hall–Kier alpha value is 0.270. The number of rotatable bonds is 5. The van der Waals surface area contributed by atoms with Crippen LogP contribution in [0.1, 0.15) is 33.1 Å². The van der Waals surface area contributed by atoms with E-state index in [1.165, 1.54) is 24.3 Å². The van der Waals surface area contributed by atoms with E-state index in [4.69, 9.17) is 5.11 Å². The largest absolute Gasteiger partial charge is 0.396 e. The minimum Gasteiger partial charge on any atom is -0.396 e. The molecule has 0 amide bonds. The van der Waals surface area contributed by atoms with E-state index < -0.39 is 0 Å². The predicted octanol–water partition coefficient (Wildman–Crippen LogP) is 1.88. The Morgan fingerprint density at radius 1 is 1.50 bits per heavy atom. The SMILES string of the molecule is CC(C)C(CCO)NC1CCCSC1. The quantitative estimate of drug-likeness (QED) is 0.737. The maximum absolute atomic E-state index is 8.97. The molecule has 0 aromatic heterocycles. The van der Waals surface area contributed by atoms with E-state index in [2.05, 4.69) is 19.2 Å². The smallest absolute Gasteiger partial charge is 0.0445 e. The summed E-state index contributed by atoms with van der Waals surface area (Å²) in [6.45, 7) is 4.75. The highest BCUT2D eigenvalue weighted by Gasteiger charge is 2.19. The number of aliphatic hydroxyl groups excluding tert-OH is 1. The Morgan fingerprint density at radius 2 is 2.29 bits per heavy atom. The van der Waals surface area contributed by atoms with Crippen molar-refractivity contribution < 1.29 is 5.11 Å². The molecule has 1 heterocycles. The van der Waals surface area contributed by atoms with Crippen LogP contribution in [0.3, 0.4) is 0 Å². The van der Waals surface area contributed by atoms with Gasteiger partial charge in [-0.3, -0.25) is 0 Å². The molecule has 1 aliphatic heterocycles. The zero-order valence-corrected chi connectivity index (χ0v) is 10.1. The second-order valence-corrected chi connectivity index (χ2v) is 5.59. The van der Waals surface area contributed by atoms with Gasteiger partial charge in [-0.2, -0.15) is 11.8 Å². The number of thioether (sulfide) groups is 1. The lowest BCUT2D eigenvalue weighted by atomic mass is 9.99. The lowest BCUT2D eigenvalue weighted by Crippen LogP contribution is -2.44. The van der Waals surface area contributed by atoms with Gasteiger partial charge in [0.05, 0.1) is 0 Å². The van der Waals surface area contributed by atoms with Crippen LogP contribution in [0.5, 0.6) is 0 Å². The van der Waals surface area contributed by atoms with Gasteiger partial charge in [0.15, 0.2) is 0 Å². The molecule has 0 saturated carbocycles. The summed E-state index contributed by atoms with van der Waals surface area (Å²) in [5.74, 6) is 3.19. The van der Waals surface area contributed by atoms with Crippen LogP contribution in [0.4, 0.5) is 0 Å². The molecule has 1 saturated heterocycles. The first-order valence-electron chi connectivity index (χ1n) is 5.68. The minimum atomic E-state index is 0.301. The highest BCUT2D eigenvalue weighted by atomic mass is 32.2. The Labute approximate surface area is 91.9 Å². The zero-order chi connectivity index (χ0) is 10.4. The Kier molecular flexibility index (Phi) is 5.90. The van der Waals surface area contributed by atoms with Crippen molar-refractivity contribution >= 4 is 11.8 Å². The summed E-state index contributed by atoms with van der Waals surface area (Å²) in [4.78, 5) is 0. The summed E-state index contributed by atoms with van der Waals surface area (Å²) in [6, 6.07) is 1.16. The Morgan fingerprint density at radius 3 is 2.79 bits per heavy atom. The molecule has 14 heavy (non-hydrogen) atoms. The van der Waals surface area contributed by atoms with Gasteiger partial charge in [-0.1, -0.05) is 13.8 Å². The lowest BCUT2D eigenvalue weighted by molar-refractivity contribution is 0.235. The van der Waals surface area contributed by atoms with Gasteiger partial charge >= 0.3 is 0 Å². The van der Waals surface area contributed by atoms with E-state index in [0.717, 1.165) is 6.42 Å². The van der Waals surface area contributed by atoms with E-state index in [-0.39, 0.29) is 0 Å². The summed E-state index contributed by atoms with van der Waals surface area (Å²) in [5.41, 5.74) is 0. The van der Waals surface area contributed by atoms with E-state index in [9.17, 15) is 0 Å². The van der Waals surface area contributed by atoms with Crippen LogP contribution < -0.4 is 5.32 Å². The van der Waals surface area contributed by atoms with Gasteiger partial charge in [-0.05, 0) is 30.9 Å². The first-order chi connectivity index (χ1) is 6.74. The molecule has 1 fully saturated rings. The molecule has 0 aromatic rings. The van der Waals surface area contributed by atoms with Crippen LogP contribution in [0, 0.1) is 5.92 Å². The monoisotopic (exact) mass is 217 g/mol. The molecule has 1 aliphatic rings. The summed E-state index contributed by atoms with van der Waals surface area (Å²) in [6.07, 6.45) is 3.53. The summed E-state index contributed by atoms with van der Waals surface area (Å²) in [5, 5.41) is 12.6. The van der Waals surface area contributed by atoms with Crippen molar-refractivity contribution in [3.63, 3.8) is 0 Å². The molecule has 0 spiro atoms. The van der Waals surface area contributed by atoms with Crippen molar-refractivity contribution in [1.29, 1.82) is 0 Å². The topological polar surface area (TPSA) is 32.3 Å². The molecule has 0 radical (unpaired) electrons. The van der Waals surface area contributed by atoms with Crippen LogP contribution in [-0.4, -0.2) is 35.3 Å². The lowest BCUT2D eigenvalue weighted by Gasteiger charge is -2.30. The minimum absolute atomic E-state index is 0.301. The standard InChI is InChI=1S/C11H23NOS/c1-9(2)11(5-6-13)12-10-4-3-7-14-8-10/h9-13H,3-8H2,1-2H3. The number of hydrogen-bond acceptors (Lipinski definition) is 3. The van der Waals surface area contributed by atoms with Gasteiger partial charge in [-0.25, -0.2) is 0 Å². The van der Waals surface area contributed by atoms with Gasteiger partial charge in [0.1, 0.15) is 0 Å². The van der Waals surface area contributed by atoms with Crippen LogP contribution >= 0.6 is 11.8 Å². The van der Waals surface area contributed by atoms with Gasteiger partial charge in [0.2, 0.25) is 0 Å². The van der Waals surface area contributed by atoms with Gasteiger partial charge in [-0.15, -0.1) is 0 Å². The van der Waals surface area contributed by atoms with Crippen molar-refractivity contribution in [1.82, 2.24) is 5.32 Å². The fourth-order valence-corrected chi connectivity index (χ4v) is 3.01. The summed E-state index contributed by atoms with van der Waals surface area (Å²) < 4.78 is 0. The maximum Gasteiger partial charge on any atom is 0.0445 e. The molecular formula is C11H23NOS. The van der Waals surface area contributed by atoms with Crippen molar-refractivity contribution in [2.45, 2.75) is 45.2 Å². The van der Waals surface area contributed by atoms with Crippen molar-refractivity contribution in [2.75, 3.05) is 18.1 Å². The predicted molar refractivity (Wildman–Crippen MR) is 63.8 cm³/mol. The molecule has 0 bridgehead atoms. The fourth-order valence-electron chi connectivity index (χ4n) is 1.92. The second kappa shape index (κ2) is 6.70. The van der Waals surface area contributed by atoms with Crippen LogP contribution in [0.2, 0.25) is 0 Å². The molecule has 2 N–H and O–H groups in total. The molecule has 0 aromatic carbocycles. The third kappa shape index (κ3) is 4.20. The summed E-state index contributed by atoms with van der Waals surface area (Å²) in [7, 11) is 0. The number of aliphatic hydroxyl groups is 1. The molecule has 84 valence electrons. The molecular weight excluding hydrogens is 194 g/mol. The van der Waals surface area contributed by atoms with E-state index in [0.29, 0.717) is 24.6 Å². The van der Waals surface area contributed by atoms with Crippen molar-refractivity contribution in [3.8, 4) is 0 Å². The van der Waals surface area contributed by atoms with Crippen LogP contribution in [0.15, 0.2) is 0 Å². The molecule has 0 aliphatic carbocycles. The van der Waals surface area contributed by atoms with E-state index in [1.807, 2.05) is 11.8 Å². The highest BCUT2D eigenvalue weighted by Crippen LogP contribution is 2.19. The van der Waals surface area contributed by atoms with Crippen LogP contribution in [-0.2, 0) is 0 Å². The number of nitrogens with one attached hydrogen (secondary N) is 1. The molecule has 3 heteroatoms. The third-order valence-corrected chi connectivity index (χ3v) is 4.07. The molecule has 2 atom stereocenters. The zero-order valence-electron chi connectivity index (χ0n) is 9.33. The molecule has 2 nitrogen and oxygen atoms in total. The normalized spacial score (nSPS) is 25.3. The van der Waals surface area contributed by atoms with Crippen molar-refractivity contribution in [2.24, 2.45) is 5.92 Å². The highest BCUT2D eigenvalue weighted by molar-refractivity contribution is 7.99. The van der Waals surface area contributed by atoms with E-state index in [1.54, 1.807) is 0 Å². The Bertz CT molecular complexity index is 146. The van der Waals surface area contributed by atoms with Gasteiger partial charge < -0.3 is 10.4 Å². The first-order valence-corrected chi connectivity index (χ1v) is 6.84. The van der Waals surface area contributed by atoms with Gasteiger partial charge in [0.25, 0.3) is 0 Å². The summed E-state index contributed by atoms with van der Waals surface area (Å²) >= 11 is 2.05. The van der Waals surface area contributed by atoms with Gasteiger partial charge in [0, 0.05) is 24.4 Å². The molecule has 1 rings (SSSR count). The average Bonchev–Trinajstić information content (AvgIpc) is 2.18.